The van der Waals surface area contributed by atoms with E-state index in [1.165, 1.54) is 12.1 Å². The topological polar surface area (TPSA) is 59.9 Å². The molecule has 2 aromatic rings. The van der Waals surface area contributed by atoms with Crippen molar-refractivity contribution in [2.75, 3.05) is 12.5 Å². The zero-order valence-electron chi connectivity index (χ0n) is 12.5. The maximum absolute atomic E-state index is 13.5. The van der Waals surface area contributed by atoms with Crippen molar-refractivity contribution in [3.8, 4) is 11.5 Å². The van der Waals surface area contributed by atoms with E-state index >= 15 is 0 Å². The number of ether oxygens (including phenoxy) is 2. The van der Waals surface area contributed by atoms with Crippen LogP contribution in [0.15, 0.2) is 46.4 Å². The van der Waals surface area contributed by atoms with Gasteiger partial charge in [-0.05, 0) is 36.4 Å². The van der Waals surface area contributed by atoms with Crippen LogP contribution in [-0.4, -0.2) is 24.2 Å². The second-order valence-electron chi connectivity index (χ2n) is 5.31. The quantitative estimate of drug-likeness (QED) is 0.850. The fourth-order valence-corrected chi connectivity index (χ4v) is 3.59. The highest BCUT2D eigenvalue weighted by Gasteiger charge is 2.19. The lowest BCUT2D eigenvalue weighted by molar-refractivity contribution is 0.0954. The third-order valence-corrected chi connectivity index (χ3v) is 4.85. The Morgan fingerprint density at radius 2 is 2.04 bits per heavy atom. The molecule has 1 amide bonds. The molecule has 0 aromatic heterocycles. The molecule has 24 heavy (non-hydrogen) atoms. The van der Waals surface area contributed by atoms with E-state index in [0.717, 1.165) is 16.2 Å². The highest BCUT2D eigenvalue weighted by molar-refractivity contribution is 7.99. The molecule has 5 nitrogen and oxygen atoms in total. The summed E-state index contributed by atoms with van der Waals surface area (Å²) in [5.41, 5.74) is 4.38. The first-order chi connectivity index (χ1) is 11.7. The van der Waals surface area contributed by atoms with Crippen molar-refractivity contribution in [2.24, 2.45) is 5.10 Å². The summed E-state index contributed by atoms with van der Waals surface area (Å²) in [5, 5.41) is 4.20. The highest BCUT2D eigenvalue weighted by Crippen LogP contribution is 2.33. The number of rotatable bonds is 2. The largest absolute Gasteiger partial charge is 0.454 e. The number of hydrogen-bond donors (Lipinski definition) is 1. The summed E-state index contributed by atoms with van der Waals surface area (Å²) in [6, 6.07) is 9.57. The molecule has 0 saturated heterocycles. The van der Waals surface area contributed by atoms with Gasteiger partial charge in [-0.3, -0.25) is 4.79 Å². The monoisotopic (exact) mass is 344 g/mol. The van der Waals surface area contributed by atoms with E-state index in [1.54, 1.807) is 36.0 Å². The van der Waals surface area contributed by atoms with Gasteiger partial charge in [-0.15, -0.1) is 11.8 Å². The SMILES string of the molecule is O=C(N/N=C1\CCSc2ccc(F)cc21)c1ccc2c(c1)OCO2. The number of nitrogens with one attached hydrogen (secondary N) is 1. The van der Waals surface area contributed by atoms with Crippen LogP contribution in [-0.2, 0) is 0 Å². The molecule has 2 aliphatic rings. The molecule has 7 heteroatoms. The molecule has 0 radical (unpaired) electrons. The lowest BCUT2D eigenvalue weighted by Crippen LogP contribution is -2.21. The summed E-state index contributed by atoms with van der Waals surface area (Å²) in [5.74, 6) is 1.34. The molecule has 0 fully saturated rings. The molecule has 0 saturated carbocycles. The molecule has 1 N–H and O–H groups in total. The third kappa shape index (κ3) is 2.82. The van der Waals surface area contributed by atoms with Gasteiger partial charge < -0.3 is 9.47 Å². The van der Waals surface area contributed by atoms with Crippen molar-refractivity contribution in [1.82, 2.24) is 5.43 Å². The fourth-order valence-electron chi connectivity index (χ4n) is 2.58. The molecule has 0 bridgehead atoms. The van der Waals surface area contributed by atoms with Gasteiger partial charge in [0.15, 0.2) is 11.5 Å². The summed E-state index contributed by atoms with van der Waals surface area (Å²) in [6.45, 7) is 0.155. The van der Waals surface area contributed by atoms with Crippen LogP contribution in [0.25, 0.3) is 0 Å². The first-order valence-electron chi connectivity index (χ1n) is 7.40. The molecule has 2 aromatic carbocycles. The molecule has 2 heterocycles. The van der Waals surface area contributed by atoms with Crippen molar-refractivity contribution >= 4 is 23.4 Å². The molecule has 0 atom stereocenters. The molecule has 122 valence electrons. The third-order valence-electron chi connectivity index (χ3n) is 3.78. The van der Waals surface area contributed by atoms with Crippen LogP contribution >= 0.6 is 11.8 Å². The summed E-state index contributed by atoms with van der Waals surface area (Å²) in [4.78, 5) is 13.2. The van der Waals surface area contributed by atoms with Gasteiger partial charge in [0.25, 0.3) is 5.91 Å². The predicted octanol–water partition coefficient (Wildman–Crippen LogP) is 3.18. The number of thioether (sulfide) groups is 1. The second kappa shape index (κ2) is 6.16. The molecule has 0 aliphatic carbocycles. The van der Waals surface area contributed by atoms with E-state index < -0.39 is 0 Å². The Labute approximate surface area is 141 Å². The molecule has 0 spiro atoms. The number of carbonyl (C=O) groups is 1. The Kier molecular flexibility index (Phi) is 3.86. The zero-order valence-corrected chi connectivity index (χ0v) is 13.4. The van der Waals surface area contributed by atoms with Crippen LogP contribution in [0.1, 0.15) is 22.3 Å². The Balaban J connectivity index is 1.55. The van der Waals surface area contributed by atoms with E-state index in [9.17, 15) is 9.18 Å². The van der Waals surface area contributed by atoms with Crippen molar-refractivity contribution < 1.29 is 18.7 Å². The zero-order chi connectivity index (χ0) is 16.5. The molecule has 2 aliphatic heterocycles. The van der Waals surface area contributed by atoms with Crippen molar-refractivity contribution in [3.63, 3.8) is 0 Å². The van der Waals surface area contributed by atoms with Gasteiger partial charge in [-0.1, -0.05) is 0 Å². The van der Waals surface area contributed by atoms with E-state index in [-0.39, 0.29) is 18.5 Å². The normalized spacial score (nSPS) is 16.8. The molecule has 4 rings (SSSR count). The number of benzene rings is 2. The van der Waals surface area contributed by atoms with Crippen molar-refractivity contribution in [2.45, 2.75) is 11.3 Å². The van der Waals surface area contributed by atoms with Gasteiger partial charge in [-0.2, -0.15) is 5.10 Å². The van der Waals surface area contributed by atoms with Crippen LogP contribution < -0.4 is 14.9 Å². The summed E-state index contributed by atoms with van der Waals surface area (Å²) >= 11 is 1.65. The standard InChI is InChI=1S/C17H13FN2O3S/c18-11-2-4-16-12(8-11)13(5-6-24-16)19-20-17(21)10-1-3-14-15(7-10)23-9-22-14/h1-4,7-8H,5-6,9H2,(H,20,21)/b19-13+. The number of nitrogens with zero attached hydrogens (tertiary/aromatic N) is 1. The molecule has 0 unspecified atom stereocenters. The minimum absolute atomic E-state index is 0.155. The number of hydrazone groups is 1. The smallest absolute Gasteiger partial charge is 0.271 e. The van der Waals surface area contributed by atoms with Crippen LogP contribution in [0.3, 0.4) is 0 Å². The van der Waals surface area contributed by atoms with Crippen LogP contribution in [0.2, 0.25) is 0 Å². The number of fused-ring (bicyclic) bond motifs is 2. The Morgan fingerprint density at radius 3 is 2.96 bits per heavy atom. The van der Waals surface area contributed by atoms with Crippen molar-refractivity contribution in [1.29, 1.82) is 0 Å². The predicted molar refractivity (Wildman–Crippen MR) is 88.3 cm³/mol. The fraction of sp³-hybridized carbons (Fsp3) is 0.176. The van der Waals surface area contributed by atoms with Gasteiger partial charge in [0, 0.05) is 28.2 Å². The van der Waals surface area contributed by atoms with Gasteiger partial charge in [0.1, 0.15) is 5.82 Å². The number of carbonyl (C=O) groups excluding carboxylic acids is 1. The average Bonchev–Trinajstić information content (AvgIpc) is 3.07. The lowest BCUT2D eigenvalue weighted by Gasteiger charge is -2.17. The Hall–Kier alpha value is -2.54. The minimum Gasteiger partial charge on any atom is -0.454 e. The van der Waals surface area contributed by atoms with Gasteiger partial charge in [0.05, 0.1) is 5.71 Å². The number of amides is 1. The van der Waals surface area contributed by atoms with Gasteiger partial charge >= 0.3 is 0 Å². The average molecular weight is 344 g/mol. The van der Waals surface area contributed by atoms with Crippen LogP contribution in [0.4, 0.5) is 4.39 Å². The van der Waals surface area contributed by atoms with E-state index in [2.05, 4.69) is 10.5 Å². The van der Waals surface area contributed by atoms with Gasteiger partial charge in [-0.25, -0.2) is 9.82 Å². The second-order valence-corrected chi connectivity index (χ2v) is 6.44. The van der Waals surface area contributed by atoms with Gasteiger partial charge in [0.2, 0.25) is 6.79 Å². The summed E-state index contributed by atoms with van der Waals surface area (Å²) in [7, 11) is 0. The van der Waals surface area contributed by atoms with Crippen molar-refractivity contribution in [3.05, 3.63) is 53.3 Å². The number of halogens is 1. The van der Waals surface area contributed by atoms with E-state index in [4.69, 9.17) is 9.47 Å². The first kappa shape index (κ1) is 15.0. The maximum atomic E-state index is 13.5. The molecular weight excluding hydrogens is 331 g/mol. The Morgan fingerprint density at radius 1 is 1.17 bits per heavy atom. The van der Waals surface area contributed by atoms with Crippen LogP contribution in [0.5, 0.6) is 11.5 Å². The summed E-state index contributed by atoms with van der Waals surface area (Å²) < 4.78 is 24.0. The van der Waals surface area contributed by atoms with E-state index in [1.807, 2.05) is 0 Å². The number of hydrogen-bond acceptors (Lipinski definition) is 5. The lowest BCUT2D eigenvalue weighted by atomic mass is 10.1. The maximum Gasteiger partial charge on any atom is 0.271 e. The molecular formula is C17H13FN2O3S. The minimum atomic E-state index is -0.350. The van der Waals surface area contributed by atoms with E-state index in [0.29, 0.717) is 29.2 Å². The Bertz CT molecular complexity index is 854. The van der Waals surface area contributed by atoms with Crippen LogP contribution in [0, 0.1) is 5.82 Å². The summed E-state index contributed by atoms with van der Waals surface area (Å²) in [6.07, 6.45) is 0.669. The first-order valence-corrected chi connectivity index (χ1v) is 8.38. The highest BCUT2D eigenvalue weighted by atomic mass is 32.2.